The number of rotatable bonds is 2. The Morgan fingerprint density at radius 3 is 2.60 bits per heavy atom. The second kappa shape index (κ2) is 5.30. The Morgan fingerprint density at radius 1 is 1.00 bits per heavy atom. The van der Waals surface area contributed by atoms with Gasteiger partial charge in [-0.15, -0.1) is 16.4 Å². The number of hydrogen-bond donors (Lipinski definition) is 0. The minimum absolute atomic E-state index is 0.187. The zero-order valence-electron chi connectivity index (χ0n) is 12.7. The average molecular weight is 363 g/mol. The quantitative estimate of drug-likeness (QED) is 0.399. The summed E-state index contributed by atoms with van der Waals surface area (Å²) in [5.41, 5.74) is 2.05. The molecule has 4 heterocycles. The van der Waals surface area contributed by atoms with Crippen molar-refractivity contribution in [3.8, 4) is 5.00 Å². The van der Waals surface area contributed by atoms with Gasteiger partial charge in [-0.3, -0.25) is 14.2 Å². The summed E-state index contributed by atoms with van der Waals surface area (Å²) >= 11 is 2.87. The lowest BCUT2D eigenvalue weighted by atomic mass is 10.1. The van der Waals surface area contributed by atoms with E-state index in [-0.39, 0.29) is 17.1 Å². The second-order valence-corrected chi connectivity index (χ2v) is 7.42. The number of ketones is 2. The second-order valence-electron chi connectivity index (χ2n) is 5.59. The summed E-state index contributed by atoms with van der Waals surface area (Å²) in [6.07, 6.45) is 5.28. The van der Waals surface area contributed by atoms with E-state index >= 15 is 0 Å². The maximum Gasteiger partial charge on any atom is 0.198 e. The van der Waals surface area contributed by atoms with Gasteiger partial charge in [0.1, 0.15) is 5.00 Å². The van der Waals surface area contributed by atoms with Crippen LogP contribution in [0.15, 0.2) is 53.0 Å². The molecule has 0 bridgehead atoms. The molecule has 0 fully saturated rings. The molecule has 25 heavy (non-hydrogen) atoms. The molecule has 1 aliphatic rings. The highest BCUT2D eigenvalue weighted by atomic mass is 32.1. The van der Waals surface area contributed by atoms with Crippen molar-refractivity contribution < 1.29 is 9.59 Å². The molecular formula is C18H9N3O2S2. The van der Waals surface area contributed by atoms with Crippen LogP contribution in [0.4, 0.5) is 0 Å². The molecule has 0 spiro atoms. The molecule has 0 saturated heterocycles. The van der Waals surface area contributed by atoms with Crippen LogP contribution in [0.3, 0.4) is 0 Å². The van der Waals surface area contributed by atoms with Crippen molar-refractivity contribution in [3.63, 3.8) is 0 Å². The van der Waals surface area contributed by atoms with Crippen LogP contribution >= 0.6 is 22.7 Å². The van der Waals surface area contributed by atoms with E-state index in [0.29, 0.717) is 11.1 Å². The highest BCUT2D eigenvalue weighted by Gasteiger charge is 2.33. The first kappa shape index (κ1) is 14.4. The third-order valence-corrected chi connectivity index (χ3v) is 5.91. The Labute approximate surface area is 149 Å². The topological polar surface area (TPSA) is 64.8 Å². The normalized spacial score (nSPS) is 13.7. The van der Waals surface area contributed by atoms with E-state index in [1.807, 2.05) is 35.0 Å². The molecule has 0 N–H and O–H groups in total. The standard InChI is InChI=1S/C18H9N3O2S2/c22-16-12(17(23)14-9-24-8-13(14)16)7-11-1-2-15(25-11)21-6-4-10-3-5-19-20-18(10)21/h1-9H. The van der Waals surface area contributed by atoms with Gasteiger partial charge in [-0.2, -0.15) is 16.4 Å². The number of nitrogens with zero attached hydrogens (tertiary/aromatic N) is 3. The molecular weight excluding hydrogens is 354 g/mol. The summed E-state index contributed by atoms with van der Waals surface area (Å²) in [7, 11) is 0. The van der Waals surface area contributed by atoms with E-state index in [1.165, 1.54) is 22.7 Å². The molecule has 0 amide bonds. The molecule has 120 valence electrons. The highest BCUT2D eigenvalue weighted by Crippen LogP contribution is 2.32. The van der Waals surface area contributed by atoms with Gasteiger partial charge in [0.2, 0.25) is 0 Å². The molecule has 0 radical (unpaired) electrons. The molecule has 4 aromatic heterocycles. The zero-order chi connectivity index (χ0) is 17.0. The number of Topliss-reactive ketones (excluding diaryl/α,β-unsaturated/α-hetero) is 2. The lowest BCUT2D eigenvalue weighted by Gasteiger charge is -1.99. The maximum atomic E-state index is 12.4. The zero-order valence-corrected chi connectivity index (χ0v) is 14.3. The van der Waals surface area contributed by atoms with Gasteiger partial charge in [0.25, 0.3) is 0 Å². The van der Waals surface area contributed by atoms with E-state index in [2.05, 4.69) is 10.2 Å². The predicted octanol–water partition coefficient (Wildman–Crippen LogP) is 4.01. The first-order chi connectivity index (χ1) is 12.2. The number of carbonyl (C=O) groups excluding carboxylic acids is 2. The number of allylic oxidation sites excluding steroid dienone is 1. The fourth-order valence-electron chi connectivity index (χ4n) is 2.92. The van der Waals surface area contributed by atoms with Crippen molar-refractivity contribution in [2.24, 2.45) is 0 Å². The van der Waals surface area contributed by atoms with Crippen molar-refractivity contribution in [2.75, 3.05) is 0 Å². The first-order valence-electron chi connectivity index (χ1n) is 7.48. The largest absolute Gasteiger partial charge is 0.291 e. The van der Waals surface area contributed by atoms with Gasteiger partial charge in [0.05, 0.1) is 11.8 Å². The van der Waals surface area contributed by atoms with Gasteiger partial charge < -0.3 is 0 Å². The van der Waals surface area contributed by atoms with Crippen molar-refractivity contribution in [3.05, 3.63) is 69.0 Å². The SMILES string of the molecule is O=C1C(=Cc2ccc(-n3ccc4ccnnc43)s2)C(=O)c2cscc21. The lowest BCUT2D eigenvalue weighted by molar-refractivity contribution is 0.0990. The predicted molar refractivity (Wildman–Crippen MR) is 97.7 cm³/mol. The smallest absolute Gasteiger partial charge is 0.198 e. The van der Waals surface area contributed by atoms with Crippen molar-refractivity contribution in [2.45, 2.75) is 0 Å². The molecule has 4 aromatic rings. The molecule has 0 aromatic carbocycles. The van der Waals surface area contributed by atoms with E-state index in [1.54, 1.807) is 23.0 Å². The fraction of sp³-hybridized carbons (Fsp3) is 0. The molecule has 0 atom stereocenters. The molecule has 0 aliphatic heterocycles. The van der Waals surface area contributed by atoms with Crippen LogP contribution in [0.25, 0.3) is 22.1 Å². The molecule has 7 heteroatoms. The van der Waals surface area contributed by atoms with E-state index in [0.717, 1.165) is 20.9 Å². The first-order valence-corrected chi connectivity index (χ1v) is 9.24. The van der Waals surface area contributed by atoms with E-state index < -0.39 is 0 Å². The summed E-state index contributed by atoms with van der Waals surface area (Å²) in [5, 5.41) is 13.5. The summed E-state index contributed by atoms with van der Waals surface area (Å²) in [6.45, 7) is 0. The highest BCUT2D eigenvalue weighted by molar-refractivity contribution is 7.15. The van der Waals surface area contributed by atoms with Gasteiger partial charge in [0, 0.05) is 38.3 Å². The number of aromatic nitrogens is 3. The van der Waals surface area contributed by atoms with Crippen LogP contribution in [0, 0.1) is 0 Å². The van der Waals surface area contributed by atoms with E-state index in [4.69, 9.17) is 0 Å². The number of carbonyl (C=O) groups is 2. The Bertz CT molecular complexity index is 1160. The van der Waals surface area contributed by atoms with Gasteiger partial charge >= 0.3 is 0 Å². The van der Waals surface area contributed by atoms with Crippen molar-refractivity contribution in [1.29, 1.82) is 0 Å². The molecule has 5 nitrogen and oxygen atoms in total. The molecule has 0 saturated carbocycles. The lowest BCUT2D eigenvalue weighted by Crippen LogP contribution is -2.00. The van der Waals surface area contributed by atoms with Crippen molar-refractivity contribution >= 4 is 51.3 Å². The Kier molecular flexibility index (Phi) is 3.06. The van der Waals surface area contributed by atoms with Crippen LogP contribution in [0.5, 0.6) is 0 Å². The molecule has 1 aliphatic carbocycles. The Morgan fingerprint density at radius 2 is 1.80 bits per heavy atom. The van der Waals surface area contributed by atoms with Crippen LogP contribution < -0.4 is 0 Å². The monoisotopic (exact) mass is 363 g/mol. The Balaban J connectivity index is 1.55. The third kappa shape index (κ3) is 2.13. The van der Waals surface area contributed by atoms with Gasteiger partial charge in [-0.25, -0.2) is 0 Å². The van der Waals surface area contributed by atoms with Crippen LogP contribution in [-0.4, -0.2) is 26.3 Å². The van der Waals surface area contributed by atoms with Crippen molar-refractivity contribution in [1.82, 2.24) is 14.8 Å². The Hall–Kier alpha value is -2.90. The summed E-state index contributed by atoms with van der Waals surface area (Å²) < 4.78 is 1.95. The van der Waals surface area contributed by atoms with E-state index in [9.17, 15) is 9.59 Å². The number of hydrogen-bond acceptors (Lipinski definition) is 6. The molecule has 0 unspecified atom stereocenters. The van der Waals surface area contributed by atoms with Crippen LogP contribution in [-0.2, 0) is 0 Å². The summed E-state index contributed by atoms with van der Waals surface area (Å²) in [5.74, 6) is -0.373. The van der Waals surface area contributed by atoms with Gasteiger partial charge in [0.15, 0.2) is 17.2 Å². The average Bonchev–Trinajstić information content (AvgIpc) is 3.38. The number of fused-ring (bicyclic) bond motifs is 2. The summed E-state index contributed by atoms with van der Waals surface area (Å²) in [6, 6.07) is 7.73. The fourth-order valence-corrected chi connectivity index (χ4v) is 4.66. The van der Waals surface area contributed by atoms with Gasteiger partial charge in [-0.1, -0.05) is 0 Å². The van der Waals surface area contributed by atoms with Gasteiger partial charge in [-0.05, 0) is 30.3 Å². The minimum atomic E-state index is -0.187. The summed E-state index contributed by atoms with van der Waals surface area (Å²) in [4.78, 5) is 25.6. The number of thiophene rings is 2. The van der Waals surface area contributed by atoms with Crippen LogP contribution in [0.2, 0.25) is 0 Å². The third-order valence-electron chi connectivity index (χ3n) is 4.14. The maximum absolute atomic E-state index is 12.4. The minimum Gasteiger partial charge on any atom is -0.291 e. The van der Waals surface area contributed by atoms with Crippen LogP contribution in [0.1, 0.15) is 25.6 Å². The molecule has 5 rings (SSSR count).